The van der Waals surface area contributed by atoms with Crippen molar-refractivity contribution in [2.75, 3.05) is 6.61 Å². The molecule has 0 aliphatic heterocycles. The Balaban J connectivity index is 1.47. The van der Waals surface area contributed by atoms with Crippen molar-refractivity contribution in [3.8, 4) is 11.7 Å². The van der Waals surface area contributed by atoms with E-state index in [1.165, 1.54) is 41.2 Å². The molecule has 0 amide bonds. The van der Waals surface area contributed by atoms with Crippen LogP contribution in [0.4, 0.5) is 13.2 Å². The summed E-state index contributed by atoms with van der Waals surface area (Å²) in [5.74, 6) is -0.438. The molecule has 0 atom stereocenters. The highest BCUT2D eigenvalue weighted by Crippen LogP contribution is 2.59. The maximum Gasteiger partial charge on any atom is 0.502 e. The van der Waals surface area contributed by atoms with Crippen LogP contribution in [-0.2, 0) is 19.5 Å². The highest BCUT2D eigenvalue weighted by atomic mass is 35.5. The molecule has 3 aromatic rings. The van der Waals surface area contributed by atoms with E-state index in [0.29, 0.717) is 0 Å². The van der Waals surface area contributed by atoms with Crippen LogP contribution in [0.15, 0.2) is 59.6 Å². The third-order valence-electron chi connectivity index (χ3n) is 5.83. The van der Waals surface area contributed by atoms with Crippen LogP contribution >= 0.6 is 11.6 Å². The molecule has 1 fully saturated rings. The van der Waals surface area contributed by atoms with Crippen LogP contribution < -0.4 is 14.8 Å². The van der Waals surface area contributed by atoms with Crippen LogP contribution in [0.5, 0.6) is 5.88 Å². The molecule has 9 nitrogen and oxygen atoms in total. The fourth-order valence-corrected chi connectivity index (χ4v) is 4.93. The number of carbonyl (C=O) groups is 1. The Kier molecular flexibility index (Phi) is 7.54. The van der Waals surface area contributed by atoms with Crippen molar-refractivity contribution in [1.82, 2.24) is 19.4 Å². The summed E-state index contributed by atoms with van der Waals surface area (Å²) in [6.07, 6.45) is -2.74. The van der Waals surface area contributed by atoms with Crippen molar-refractivity contribution in [2.24, 2.45) is 5.41 Å². The van der Waals surface area contributed by atoms with Gasteiger partial charge in [0.05, 0.1) is 16.9 Å². The molecule has 1 aliphatic carbocycles. The van der Waals surface area contributed by atoms with Gasteiger partial charge in [0.1, 0.15) is 5.15 Å². The number of sulfonamides is 1. The van der Waals surface area contributed by atoms with Crippen molar-refractivity contribution in [2.45, 2.75) is 37.3 Å². The summed E-state index contributed by atoms with van der Waals surface area (Å²) < 4.78 is 78.8. The van der Waals surface area contributed by atoms with Gasteiger partial charge >= 0.3 is 13.2 Å². The molecule has 0 unspecified atom stereocenters. The highest BCUT2D eigenvalue weighted by molar-refractivity contribution is 7.90. The Morgan fingerprint density at radius 1 is 1.19 bits per heavy atom. The molecule has 0 bridgehead atoms. The van der Waals surface area contributed by atoms with Gasteiger partial charge in [-0.15, -0.1) is 5.10 Å². The first-order valence-corrected chi connectivity index (χ1v) is 12.9. The molecular formula is C22H21BClF3N4O5S. The second-order valence-electron chi connectivity index (χ2n) is 8.45. The van der Waals surface area contributed by atoms with Gasteiger partial charge in [-0.1, -0.05) is 35.9 Å². The third kappa shape index (κ3) is 6.25. The van der Waals surface area contributed by atoms with Gasteiger partial charge in [0, 0.05) is 24.6 Å². The minimum Gasteiger partial charge on any atom is -0.515 e. The Hall–Kier alpha value is -3.10. The summed E-state index contributed by atoms with van der Waals surface area (Å²) in [7, 11) is -5.53. The number of hydrogen-bond donors (Lipinski definition) is 1. The molecule has 0 saturated heterocycles. The monoisotopic (exact) mass is 556 g/mol. The molecule has 1 saturated carbocycles. The van der Waals surface area contributed by atoms with Crippen LogP contribution in [0.25, 0.3) is 5.82 Å². The number of nitrogens with zero attached hydrogens (tertiary/aromatic N) is 3. The number of halogens is 4. The van der Waals surface area contributed by atoms with Gasteiger partial charge in [-0.3, -0.25) is 4.79 Å². The van der Waals surface area contributed by atoms with Crippen molar-refractivity contribution in [1.29, 1.82) is 0 Å². The number of ether oxygens (including phenoxy) is 1. The Bertz CT molecular complexity index is 1380. The second kappa shape index (κ2) is 10.3. The lowest BCUT2D eigenvalue weighted by Gasteiger charge is -2.18. The average Bonchev–Trinajstić information content (AvgIpc) is 3.48. The molecule has 0 spiro atoms. The predicted octanol–water partition coefficient (Wildman–Crippen LogP) is 3.27. The first kappa shape index (κ1) is 27.0. The fourth-order valence-electron chi connectivity index (χ4n) is 3.57. The topological polar surface area (TPSA) is 112 Å². The van der Waals surface area contributed by atoms with E-state index in [1.54, 1.807) is 18.2 Å². The van der Waals surface area contributed by atoms with E-state index in [4.69, 9.17) is 21.0 Å². The summed E-state index contributed by atoms with van der Waals surface area (Å²) in [4.78, 5) is 15.8. The minimum absolute atomic E-state index is 0.0419. The van der Waals surface area contributed by atoms with Crippen molar-refractivity contribution in [3.05, 3.63) is 59.9 Å². The van der Waals surface area contributed by atoms with E-state index < -0.39 is 34.6 Å². The Morgan fingerprint density at radius 3 is 2.49 bits per heavy atom. The summed E-state index contributed by atoms with van der Waals surface area (Å²) in [5, 5.41) is 3.97. The van der Waals surface area contributed by atoms with Gasteiger partial charge in [0.2, 0.25) is 15.9 Å². The van der Waals surface area contributed by atoms with Gasteiger partial charge in [0.25, 0.3) is 5.97 Å². The van der Waals surface area contributed by atoms with Gasteiger partial charge < -0.3 is 9.39 Å². The van der Waals surface area contributed by atoms with E-state index in [9.17, 15) is 26.4 Å². The Morgan fingerprint density at radius 2 is 1.89 bits per heavy atom. The molecule has 37 heavy (non-hydrogen) atoms. The zero-order chi connectivity index (χ0) is 26.8. The molecule has 196 valence electrons. The molecule has 4 rings (SSSR count). The minimum atomic E-state index is -4.25. The van der Waals surface area contributed by atoms with E-state index >= 15 is 0 Å². The zero-order valence-corrected chi connectivity index (χ0v) is 21.0. The number of carbonyl (C=O) groups excluding carboxylic acids is 1. The SMILES string of the molecule is CC(=O)OB(NS(=O)(=O)c1ccccc1)c1ccc(-n2ccc(OCCC3(C(F)(F)F)CC3)n2)nc1Cl. The van der Waals surface area contributed by atoms with Crippen molar-refractivity contribution in [3.63, 3.8) is 0 Å². The largest absolute Gasteiger partial charge is 0.515 e. The van der Waals surface area contributed by atoms with Gasteiger partial charge in [-0.2, -0.15) is 13.2 Å². The highest BCUT2D eigenvalue weighted by Gasteiger charge is 2.62. The zero-order valence-electron chi connectivity index (χ0n) is 19.4. The lowest BCUT2D eigenvalue weighted by molar-refractivity contribution is -0.190. The number of aromatic nitrogens is 3. The molecular weight excluding hydrogens is 536 g/mol. The van der Waals surface area contributed by atoms with Gasteiger partial charge in [0.15, 0.2) is 5.82 Å². The first-order chi connectivity index (χ1) is 17.4. The summed E-state index contributed by atoms with van der Waals surface area (Å²) in [6.45, 7) is 0.972. The summed E-state index contributed by atoms with van der Waals surface area (Å²) in [5.41, 5.74) is -1.59. The lowest BCUT2D eigenvalue weighted by Crippen LogP contribution is -2.51. The molecule has 0 radical (unpaired) electrons. The molecule has 1 N–H and O–H groups in total. The van der Waals surface area contributed by atoms with Gasteiger partial charge in [-0.05, 0) is 37.5 Å². The summed E-state index contributed by atoms with van der Waals surface area (Å²) >= 11 is 6.31. The standard InChI is InChI=1S/C22H21BClF3N4O5S/c1-15(32)36-23(30-37(33,34)16-5-3-2-4-6-16)17-7-8-18(28-20(17)24)31-13-9-19(29-31)35-14-12-21(10-11-21)22(25,26)27/h2-9,13,30H,10-12,14H2,1H3. The van der Waals surface area contributed by atoms with Gasteiger partial charge in [-0.25, -0.2) is 22.7 Å². The van der Waals surface area contributed by atoms with Crippen molar-refractivity contribution < 1.29 is 35.8 Å². The normalized spacial score (nSPS) is 14.7. The lowest BCUT2D eigenvalue weighted by atomic mass is 9.76. The Labute approximate surface area is 216 Å². The van der Waals surface area contributed by atoms with Crippen LogP contribution in [-0.4, -0.2) is 49.0 Å². The number of alkyl halides is 3. The molecule has 2 aromatic heterocycles. The van der Waals surface area contributed by atoms with E-state index in [0.717, 1.165) is 6.92 Å². The van der Waals surface area contributed by atoms with Crippen LogP contribution in [0.2, 0.25) is 5.15 Å². The van der Waals surface area contributed by atoms with E-state index in [2.05, 4.69) is 14.7 Å². The van der Waals surface area contributed by atoms with Crippen LogP contribution in [0.1, 0.15) is 26.2 Å². The molecule has 15 heteroatoms. The quantitative estimate of drug-likeness (QED) is 0.301. The molecule has 2 heterocycles. The van der Waals surface area contributed by atoms with Crippen LogP contribution in [0.3, 0.4) is 0 Å². The number of pyridine rings is 1. The number of hydrogen-bond acceptors (Lipinski definition) is 7. The second-order valence-corrected chi connectivity index (χ2v) is 10.5. The van der Waals surface area contributed by atoms with Crippen molar-refractivity contribution >= 4 is 40.1 Å². The maximum absolute atomic E-state index is 13.1. The number of benzene rings is 1. The number of nitrogens with one attached hydrogen (secondary N) is 1. The maximum atomic E-state index is 13.1. The smallest absolute Gasteiger partial charge is 0.502 e. The van der Waals surface area contributed by atoms with Crippen LogP contribution in [0, 0.1) is 5.41 Å². The van der Waals surface area contributed by atoms with E-state index in [1.807, 2.05) is 0 Å². The predicted molar refractivity (Wildman–Crippen MR) is 128 cm³/mol. The van der Waals surface area contributed by atoms with E-state index in [-0.39, 0.29) is 53.1 Å². The number of rotatable bonds is 10. The first-order valence-electron chi connectivity index (χ1n) is 11.1. The average molecular weight is 557 g/mol. The third-order valence-corrected chi connectivity index (χ3v) is 7.55. The fraction of sp³-hybridized carbons (Fsp3) is 0.318. The molecule has 1 aliphatic rings. The summed E-state index contributed by atoms with van der Waals surface area (Å²) in [6, 6.07) is 11.8. The molecule has 1 aromatic carbocycles.